The van der Waals surface area contributed by atoms with Gasteiger partial charge in [0, 0.05) is 8.59 Å². The summed E-state index contributed by atoms with van der Waals surface area (Å²) >= 11 is 24.8. The van der Waals surface area contributed by atoms with Crippen molar-refractivity contribution < 1.29 is 9.90 Å². The third kappa shape index (κ3) is 4.84. The van der Waals surface area contributed by atoms with Gasteiger partial charge in [-0.1, -0.05) is 34.8 Å². The van der Waals surface area contributed by atoms with E-state index in [-0.39, 0.29) is 27.1 Å². The lowest BCUT2D eigenvalue weighted by Crippen LogP contribution is -2.34. The van der Waals surface area contributed by atoms with Gasteiger partial charge in [0.25, 0.3) is 5.91 Å². The minimum Gasteiger partial charge on any atom is -0.504 e. The van der Waals surface area contributed by atoms with E-state index in [9.17, 15) is 9.90 Å². The topological polar surface area (TPSA) is 61.4 Å². The van der Waals surface area contributed by atoms with Crippen LogP contribution in [0.15, 0.2) is 30.3 Å². The van der Waals surface area contributed by atoms with Gasteiger partial charge < -0.3 is 10.4 Å². The first-order chi connectivity index (χ1) is 10.8. The molecule has 0 aliphatic heterocycles. The highest BCUT2D eigenvalue weighted by Gasteiger charge is 2.14. The smallest absolute Gasteiger partial charge is 0.258 e. The van der Waals surface area contributed by atoms with E-state index < -0.39 is 5.91 Å². The minimum absolute atomic E-state index is 0.0291. The lowest BCUT2D eigenvalue weighted by Gasteiger charge is -2.12. The van der Waals surface area contributed by atoms with E-state index in [1.165, 1.54) is 12.1 Å². The molecule has 0 radical (unpaired) electrons. The number of thiocarbonyl (C=S) groups is 1. The van der Waals surface area contributed by atoms with Crippen LogP contribution in [0.2, 0.25) is 15.1 Å². The van der Waals surface area contributed by atoms with E-state index in [2.05, 4.69) is 33.2 Å². The first-order valence-electron chi connectivity index (χ1n) is 6.03. The first-order valence-corrected chi connectivity index (χ1v) is 8.65. The third-order valence-corrected chi connectivity index (χ3v) is 4.39. The first kappa shape index (κ1) is 18.5. The number of carbonyl (C=O) groups is 1. The highest BCUT2D eigenvalue weighted by atomic mass is 127. The molecular formula is C14H8Cl3IN2O2S. The van der Waals surface area contributed by atoms with Gasteiger partial charge in [-0.3, -0.25) is 10.1 Å². The Balaban J connectivity index is 2.14. The van der Waals surface area contributed by atoms with Crippen molar-refractivity contribution in [1.29, 1.82) is 0 Å². The average Bonchev–Trinajstić information content (AvgIpc) is 2.46. The van der Waals surface area contributed by atoms with Gasteiger partial charge in [-0.25, -0.2) is 0 Å². The van der Waals surface area contributed by atoms with Crippen molar-refractivity contribution in [2.45, 2.75) is 0 Å². The number of aromatic hydroxyl groups is 1. The van der Waals surface area contributed by atoms with Crippen LogP contribution in [0.4, 0.5) is 5.69 Å². The number of nitrogens with one attached hydrogen (secondary N) is 2. The number of hydrogen-bond donors (Lipinski definition) is 3. The van der Waals surface area contributed by atoms with Crippen molar-refractivity contribution in [2.24, 2.45) is 0 Å². The summed E-state index contributed by atoms with van der Waals surface area (Å²) in [4.78, 5) is 12.2. The summed E-state index contributed by atoms with van der Waals surface area (Å²) in [5, 5.41) is 15.6. The Morgan fingerprint density at radius 1 is 1.13 bits per heavy atom. The molecule has 0 aliphatic rings. The SMILES string of the molecule is O=C(NC(=S)Nc1cc(Cl)cc(Cl)c1O)c1cc(I)ccc1Cl. The van der Waals surface area contributed by atoms with Crippen LogP contribution in [0, 0.1) is 3.57 Å². The van der Waals surface area contributed by atoms with E-state index >= 15 is 0 Å². The molecule has 0 saturated heterocycles. The second kappa shape index (κ2) is 7.85. The Hall–Kier alpha value is -0.800. The van der Waals surface area contributed by atoms with E-state index in [0.29, 0.717) is 10.0 Å². The fourth-order valence-electron chi connectivity index (χ4n) is 1.66. The number of amides is 1. The largest absolute Gasteiger partial charge is 0.504 e. The van der Waals surface area contributed by atoms with Gasteiger partial charge in [-0.2, -0.15) is 0 Å². The molecule has 2 rings (SSSR count). The summed E-state index contributed by atoms with van der Waals surface area (Å²) < 4.78 is 0.857. The molecule has 23 heavy (non-hydrogen) atoms. The standard InChI is InChI=1S/C14H8Cl3IN2O2S/c15-6-3-10(17)12(21)11(4-6)19-14(23)20-13(22)8-5-7(18)1-2-9(8)16/h1-5,21H,(H2,19,20,22,23). The normalized spacial score (nSPS) is 10.3. The number of halogens is 4. The zero-order valence-electron chi connectivity index (χ0n) is 11.2. The molecule has 2 aromatic rings. The third-order valence-electron chi connectivity index (χ3n) is 2.68. The van der Waals surface area contributed by atoms with Crippen LogP contribution >= 0.6 is 69.6 Å². The number of hydrogen-bond acceptors (Lipinski definition) is 3. The summed E-state index contributed by atoms with van der Waals surface area (Å²) in [5.74, 6) is -0.696. The lowest BCUT2D eigenvalue weighted by molar-refractivity contribution is 0.0978. The molecule has 4 nitrogen and oxygen atoms in total. The lowest BCUT2D eigenvalue weighted by atomic mass is 10.2. The predicted octanol–water partition coefficient (Wildman–Crippen LogP) is 5.08. The minimum atomic E-state index is -0.473. The maximum atomic E-state index is 12.2. The summed E-state index contributed by atoms with van der Waals surface area (Å²) in [6.45, 7) is 0. The van der Waals surface area contributed by atoms with Crippen LogP contribution in [0.3, 0.4) is 0 Å². The van der Waals surface area contributed by atoms with E-state index in [1.54, 1.807) is 18.2 Å². The van der Waals surface area contributed by atoms with Crippen LogP contribution in [0.5, 0.6) is 5.75 Å². The van der Waals surface area contributed by atoms with Crippen LogP contribution in [-0.2, 0) is 0 Å². The summed E-state index contributed by atoms with van der Waals surface area (Å²) in [6.07, 6.45) is 0. The van der Waals surface area contributed by atoms with Crippen molar-refractivity contribution in [3.8, 4) is 5.75 Å². The molecule has 3 N–H and O–H groups in total. The number of benzene rings is 2. The second-order valence-corrected chi connectivity index (χ2v) is 7.22. The van der Waals surface area contributed by atoms with E-state index in [1.807, 2.05) is 0 Å². The van der Waals surface area contributed by atoms with Crippen molar-refractivity contribution >= 4 is 86.3 Å². The Bertz CT molecular complexity index is 802. The summed E-state index contributed by atoms with van der Waals surface area (Å²) in [5.41, 5.74) is 0.470. The molecule has 2 aromatic carbocycles. The fourth-order valence-corrected chi connectivity index (χ4v) is 3.05. The van der Waals surface area contributed by atoms with Gasteiger partial charge in [0.15, 0.2) is 10.9 Å². The molecule has 0 fully saturated rings. The highest BCUT2D eigenvalue weighted by Crippen LogP contribution is 2.34. The van der Waals surface area contributed by atoms with Crippen molar-refractivity contribution in [3.63, 3.8) is 0 Å². The Labute approximate surface area is 166 Å². The summed E-state index contributed by atoms with van der Waals surface area (Å²) in [6, 6.07) is 7.85. The van der Waals surface area contributed by atoms with Crippen molar-refractivity contribution in [1.82, 2.24) is 5.32 Å². The maximum absolute atomic E-state index is 12.2. The van der Waals surface area contributed by atoms with Gasteiger partial charge in [-0.15, -0.1) is 0 Å². The molecule has 0 spiro atoms. The second-order valence-electron chi connectivity index (χ2n) is 4.32. The van der Waals surface area contributed by atoms with Crippen LogP contribution in [0.1, 0.15) is 10.4 Å². The van der Waals surface area contributed by atoms with Gasteiger partial charge in [0.1, 0.15) is 0 Å². The highest BCUT2D eigenvalue weighted by molar-refractivity contribution is 14.1. The van der Waals surface area contributed by atoms with Gasteiger partial charge >= 0.3 is 0 Å². The Morgan fingerprint density at radius 2 is 1.83 bits per heavy atom. The molecule has 0 saturated carbocycles. The molecule has 0 atom stereocenters. The zero-order valence-corrected chi connectivity index (χ0v) is 16.4. The van der Waals surface area contributed by atoms with Gasteiger partial charge in [0.2, 0.25) is 0 Å². The average molecular weight is 502 g/mol. The predicted molar refractivity (Wildman–Crippen MR) is 106 cm³/mol. The summed E-state index contributed by atoms with van der Waals surface area (Å²) in [7, 11) is 0. The molecule has 0 aromatic heterocycles. The molecule has 9 heteroatoms. The van der Waals surface area contributed by atoms with Crippen molar-refractivity contribution in [2.75, 3.05) is 5.32 Å². The maximum Gasteiger partial charge on any atom is 0.258 e. The Morgan fingerprint density at radius 3 is 2.52 bits per heavy atom. The fraction of sp³-hybridized carbons (Fsp3) is 0. The number of anilines is 1. The van der Waals surface area contributed by atoms with Crippen LogP contribution in [-0.4, -0.2) is 16.1 Å². The van der Waals surface area contributed by atoms with Crippen LogP contribution < -0.4 is 10.6 Å². The van der Waals surface area contributed by atoms with Gasteiger partial charge in [0.05, 0.1) is 21.3 Å². The molecule has 1 amide bonds. The molecular weight excluding hydrogens is 493 g/mol. The van der Waals surface area contributed by atoms with Crippen molar-refractivity contribution in [3.05, 3.63) is 54.5 Å². The zero-order chi connectivity index (χ0) is 17.1. The monoisotopic (exact) mass is 500 g/mol. The number of phenols is 1. The number of rotatable bonds is 2. The Kier molecular flexibility index (Phi) is 6.33. The molecule has 0 bridgehead atoms. The van der Waals surface area contributed by atoms with Crippen LogP contribution in [0.25, 0.3) is 0 Å². The molecule has 120 valence electrons. The van der Waals surface area contributed by atoms with E-state index in [0.717, 1.165) is 3.57 Å². The molecule has 0 aliphatic carbocycles. The quantitative estimate of drug-likeness (QED) is 0.305. The van der Waals surface area contributed by atoms with Gasteiger partial charge in [-0.05, 0) is 65.1 Å². The molecule has 0 unspecified atom stereocenters. The van der Waals surface area contributed by atoms with E-state index in [4.69, 9.17) is 47.0 Å². The molecule has 0 heterocycles. The number of carbonyl (C=O) groups excluding carboxylic acids is 1. The number of phenolic OH excluding ortho intramolecular Hbond substituents is 1.